The Balaban J connectivity index is 0.00000106. The minimum absolute atomic E-state index is 0. The third-order valence-electron chi connectivity index (χ3n) is 10.2. The Bertz CT molecular complexity index is 2280. The van der Waals surface area contributed by atoms with Crippen molar-refractivity contribution in [2.45, 2.75) is 94.3 Å². The van der Waals surface area contributed by atoms with E-state index in [9.17, 15) is 28.3 Å². The van der Waals surface area contributed by atoms with Crippen LogP contribution in [0.15, 0.2) is 92.3 Å². The van der Waals surface area contributed by atoms with E-state index in [2.05, 4.69) is 18.7 Å². The van der Waals surface area contributed by atoms with Gasteiger partial charge in [-0.15, -0.1) is 11.6 Å². The van der Waals surface area contributed by atoms with Crippen molar-refractivity contribution >= 4 is 57.0 Å². The Hall–Kier alpha value is -3.62. The summed E-state index contributed by atoms with van der Waals surface area (Å²) in [5.74, 6) is -0.691. The maximum atomic E-state index is 13.0. The van der Waals surface area contributed by atoms with Crippen LogP contribution < -0.4 is 34.8 Å². The third-order valence-corrected chi connectivity index (χ3v) is 13.1. The van der Waals surface area contributed by atoms with Crippen LogP contribution in [0.4, 0.5) is 0 Å². The van der Waals surface area contributed by atoms with E-state index in [1.807, 2.05) is 60.6 Å². The topological polar surface area (TPSA) is 253 Å². The summed E-state index contributed by atoms with van der Waals surface area (Å²) in [6.45, 7) is 20.5. The summed E-state index contributed by atoms with van der Waals surface area (Å²) in [6.07, 6.45) is 6.03. The van der Waals surface area contributed by atoms with Crippen LogP contribution in [0.5, 0.6) is 0 Å². The summed E-state index contributed by atoms with van der Waals surface area (Å²) < 4.78 is 80.8. The minimum Gasteiger partial charge on any atom is -0.662 e. The number of rotatable bonds is 17. The molecule has 388 valence electrons. The molecular weight excluding hydrogens is 993 g/mol. The first-order valence-electron chi connectivity index (χ1n) is 20.9. The molecule has 0 spiro atoms. The van der Waals surface area contributed by atoms with Crippen LogP contribution in [-0.2, 0) is 89.0 Å². The predicted octanol–water partition coefficient (Wildman–Crippen LogP) is 5.10. The van der Waals surface area contributed by atoms with Crippen LogP contribution in [0.3, 0.4) is 0 Å². The molecule has 0 bridgehead atoms. The normalized spacial score (nSPS) is 22.0. The van der Waals surface area contributed by atoms with Gasteiger partial charge in [-0.2, -0.15) is 0 Å². The van der Waals surface area contributed by atoms with Crippen LogP contribution >= 0.6 is 27.0 Å². The largest absolute Gasteiger partial charge is 1.00 e. The average molecular weight is 1060 g/mol. The number of hydrogen-bond donors (Lipinski definition) is 0. The number of carbonyl (C=O) groups is 5. The van der Waals surface area contributed by atoms with E-state index in [1.165, 1.54) is 61.5 Å². The van der Waals surface area contributed by atoms with Gasteiger partial charge >= 0.3 is 56.9 Å². The summed E-state index contributed by atoms with van der Waals surface area (Å²) in [5, 5.41) is 8.43. The van der Waals surface area contributed by atoms with Crippen LogP contribution in [-0.4, -0.2) is 104 Å². The minimum atomic E-state index is -4.09. The number of hydrogen-bond acceptors (Lipinski definition) is 20. The monoisotopic (exact) mass is 1060 g/mol. The van der Waals surface area contributed by atoms with Crippen molar-refractivity contribution in [2.75, 3.05) is 61.8 Å². The maximum Gasteiger partial charge on any atom is 1.00 e. The fourth-order valence-electron chi connectivity index (χ4n) is 7.08. The van der Waals surface area contributed by atoms with E-state index < -0.39 is 39.6 Å². The van der Waals surface area contributed by atoms with E-state index in [0.29, 0.717) is 29.7 Å². The molecule has 24 heteroatoms. The van der Waals surface area contributed by atoms with Crippen molar-refractivity contribution < 1.29 is 124 Å². The summed E-state index contributed by atoms with van der Waals surface area (Å²) in [6, 6.07) is 0. The van der Waals surface area contributed by atoms with E-state index in [-0.39, 0.29) is 99.7 Å². The van der Waals surface area contributed by atoms with Crippen LogP contribution in [0.1, 0.15) is 82.1 Å². The number of carbonyl (C=O) groups excluding carboxylic acids is 5. The number of ether oxygens (including phenoxy) is 6. The quantitative estimate of drug-likeness (QED) is 0.0349. The summed E-state index contributed by atoms with van der Waals surface area (Å²) in [5.41, 5.74) is 4.84. The Morgan fingerprint density at radius 2 is 1.06 bits per heavy atom. The van der Waals surface area contributed by atoms with Crippen LogP contribution in [0.2, 0.25) is 0 Å². The third kappa shape index (κ3) is 18.8. The first-order valence-corrected chi connectivity index (χ1v) is 24.9. The van der Waals surface area contributed by atoms with Crippen molar-refractivity contribution in [2.24, 2.45) is 10.8 Å². The van der Waals surface area contributed by atoms with Gasteiger partial charge in [0, 0.05) is 26.8 Å². The number of halogens is 1. The van der Waals surface area contributed by atoms with Gasteiger partial charge in [0.2, 0.25) is 11.5 Å². The molecule has 70 heavy (non-hydrogen) atoms. The smallest absolute Gasteiger partial charge is 0.662 e. The molecular formula is C46H66ClNaO20P2. The molecule has 4 aliphatic rings. The number of phosphoric ester groups is 1. The van der Waals surface area contributed by atoms with Gasteiger partial charge in [-0.05, 0) is 99.7 Å². The molecule has 4 atom stereocenters. The summed E-state index contributed by atoms with van der Waals surface area (Å²) in [7, 11) is 0.704. The van der Waals surface area contributed by atoms with Crippen molar-refractivity contribution in [3.8, 4) is 0 Å². The SMILES string of the molecule is COC1=C(OC)/C(=C\CCl)OC1=O.COC1=C(OC)/C(=C\COP(=O)(OC)OC2CC(C)(C)C(C=C(C)C)=C(C)C2=O)OC1=O.COP(C)(=O)OC1CC(C)(C)C(C=C(C)C)=C(C)C1=O.O=CO[O-].[Na+]. The number of cyclic esters (lactones) is 2. The molecule has 0 aromatic rings. The van der Waals surface area contributed by atoms with E-state index in [0.717, 1.165) is 22.3 Å². The number of alkyl halides is 1. The molecule has 0 fully saturated rings. The van der Waals surface area contributed by atoms with Gasteiger partial charge in [0.15, 0.2) is 23.1 Å². The fourth-order valence-corrected chi connectivity index (χ4v) is 8.93. The zero-order chi connectivity index (χ0) is 53.2. The molecule has 2 aliphatic carbocycles. The zero-order valence-corrected chi connectivity index (χ0v) is 47.9. The summed E-state index contributed by atoms with van der Waals surface area (Å²) >= 11 is 5.46. The molecule has 0 saturated heterocycles. The average Bonchev–Trinajstić information content (AvgIpc) is 3.77. The second-order valence-electron chi connectivity index (χ2n) is 16.9. The van der Waals surface area contributed by atoms with Crippen molar-refractivity contribution in [3.05, 3.63) is 92.3 Å². The molecule has 0 radical (unpaired) electrons. The van der Waals surface area contributed by atoms with E-state index in [4.69, 9.17) is 72.7 Å². The number of ketones is 2. The summed E-state index contributed by atoms with van der Waals surface area (Å²) in [4.78, 5) is 59.4. The van der Waals surface area contributed by atoms with E-state index in [1.54, 1.807) is 6.92 Å². The number of esters is 2. The van der Waals surface area contributed by atoms with Crippen LogP contribution in [0, 0.1) is 10.8 Å². The Kier molecular flexibility index (Phi) is 28.2. The standard InChI is InChI=1S/C22H31O9P.C15H25O4P.C8H9ClO4.CH2O3.Na/c1-13(2)11-15-14(3)18(23)17(12-22(15,4)5)31-32(25,28-8)29-10-9-16-19(26-6)20(27-7)21(24)30-16;1-10(2)8-12-11(3)14(16)13(9-15(12,4)5)19-20(7,17)18-6;1-11-6-5(3-4-9)13-8(10)7(6)12-2;2-1-4-3;/h9,11,17H,10,12H2,1-8H3;8,13H,9H2,1-7H3;3H,4H2,1-2H3;1,3H;/q;;;;+1/p-1/b16-9+;;5-3+;;. The molecule has 0 amide bonds. The maximum absolute atomic E-state index is 13.0. The second-order valence-corrected chi connectivity index (χ2v) is 21.0. The van der Waals surface area contributed by atoms with Gasteiger partial charge < -0.3 is 43.1 Å². The number of Topliss-reactive ketones (excluding diaryl/α,β-unsaturated/α-hetero) is 2. The molecule has 4 rings (SSSR count). The molecule has 0 aromatic heterocycles. The first kappa shape index (κ1) is 66.4. The first-order chi connectivity index (χ1) is 32.0. The van der Waals surface area contributed by atoms with Gasteiger partial charge in [-0.3, -0.25) is 37.0 Å². The number of phosphoric acid groups is 1. The number of allylic oxidation sites excluding steroid dienone is 7. The molecule has 0 saturated carbocycles. The van der Waals surface area contributed by atoms with Gasteiger partial charge in [-0.1, -0.05) is 51.0 Å². The Morgan fingerprint density at radius 1 is 0.686 bits per heavy atom. The zero-order valence-electron chi connectivity index (χ0n) is 43.3. The van der Waals surface area contributed by atoms with Crippen LogP contribution in [0.25, 0.3) is 0 Å². The van der Waals surface area contributed by atoms with E-state index >= 15 is 0 Å². The second kappa shape index (κ2) is 29.8. The molecule has 2 heterocycles. The van der Waals surface area contributed by atoms with Crippen molar-refractivity contribution in [3.63, 3.8) is 0 Å². The molecule has 0 aromatic carbocycles. The molecule has 0 N–H and O–H groups in total. The van der Waals surface area contributed by atoms with Crippen molar-refractivity contribution in [1.82, 2.24) is 0 Å². The van der Waals surface area contributed by atoms with Gasteiger partial charge in [0.05, 0.1) is 35.0 Å². The Morgan fingerprint density at radius 3 is 1.37 bits per heavy atom. The molecule has 20 nitrogen and oxygen atoms in total. The van der Waals surface area contributed by atoms with Gasteiger partial charge in [-0.25, -0.2) is 14.2 Å². The number of methoxy groups -OCH3 is 4. The van der Waals surface area contributed by atoms with Gasteiger partial charge in [0.1, 0.15) is 12.2 Å². The Labute approximate surface area is 437 Å². The van der Waals surface area contributed by atoms with Crippen molar-refractivity contribution in [1.29, 1.82) is 0 Å². The molecule has 4 unspecified atom stereocenters. The predicted molar refractivity (Wildman–Crippen MR) is 250 cm³/mol. The fraction of sp³-hybridized carbons (Fsp3) is 0.543. The molecule has 2 aliphatic heterocycles. The van der Waals surface area contributed by atoms with Gasteiger partial charge in [0.25, 0.3) is 18.0 Å².